The largest absolute Gasteiger partial charge is 0.381 e. The minimum Gasteiger partial charge on any atom is -0.381 e. The minimum absolute atomic E-state index is 0.177. The lowest BCUT2D eigenvalue weighted by Gasteiger charge is -2.09. The predicted molar refractivity (Wildman–Crippen MR) is 40.0 cm³/mol. The molecule has 0 heterocycles. The van der Waals surface area contributed by atoms with Gasteiger partial charge in [-0.25, -0.2) is 0 Å². The van der Waals surface area contributed by atoms with E-state index in [9.17, 15) is 4.21 Å². The molecular weight excluding hydrogens is 136 g/mol. The number of ether oxygens (including phenoxy) is 1. The second kappa shape index (κ2) is 4.94. The first-order valence-corrected chi connectivity index (χ1v) is 4.76. The van der Waals surface area contributed by atoms with Gasteiger partial charge < -0.3 is 4.74 Å². The van der Waals surface area contributed by atoms with E-state index in [1.807, 2.05) is 6.92 Å². The minimum atomic E-state index is -0.720. The molecule has 0 bridgehead atoms. The zero-order valence-electron chi connectivity index (χ0n) is 6.22. The summed E-state index contributed by atoms with van der Waals surface area (Å²) in [7, 11) is 0.933. The number of hydrogen-bond donors (Lipinski definition) is 0. The van der Waals surface area contributed by atoms with Crippen molar-refractivity contribution in [2.75, 3.05) is 19.1 Å². The van der Waals surface area contributed by atoms with Gasteiger partial charge in [0.15, 0.2) is 0 Å². The second-order valence-electron chi connectivity index (χ2n) is 2.01. The predicted octanol–water partition coefficient (Wildman–Crippen LogP) is 0.790. The summed E-state index contributed by atoms with van der Waals surface area (Å²) >= 11 is 0. The Morgan fingerprint density at radius 2 is 2.22 bits per heavy atom. The highest BCUT2D eigenvalue weighted by molar-refractivity contribution is 7.84. The summed E-state index contributed by atoms with van der Waals surface area (Å²) in [5.41, 5.74) is 0. The van der Waals surface area contributed by atoms with Crippen LogP contribution in [0.25, 0.3) is 0 Å². The Bertz CT molecular complexity index is 89.1. The first-order chi connectivity index (χ1) is 4.20. The van der Waals surface area contributed by atoms with E-state index in [2.05, 4.69) is 0 Å². The Morgan fingerprint density at radius 1 is 1.67 bits per heavy atom. The van der Waals surface area contributed by atoms with Crippen LogP contribution in [0.4, 0.5) is 0 Å². The maximum atomic E-state index is 10.6. The molecule has 0 spiro atoms. The van der Waals surface area contributed by atoms with E-state index in [0.29, 0.717) is 5.75 Å². The SMILES string of the molecule is CCC(CS(C)=O)OC. The van der Waals surface area contributed by atoms with Gasteiger partial charge in [0.25, 0.3) is 0 Å². The molecule has 0 fully saturated rings. The van der Waals surface area contributed by atoms with Crippen LogP contribution < -0.4 is 0 Å². The second-order valence-corrected chi connectivity index (χ2v) is 3.49. The summed E-state index contributed by atoms with van der Waals surface area (Å²) in [6, 6.07) is 0. The first-order valence-electron chi connectivity index (χ1n) is 3.03. The van der Waals surface area contributed by atoms with Crippen LogP contribution in [0.5, 0.6) is 0 Å². The number of methoxy groups -OCH3 is 1. The fourth-order valence-corrected chi connectivity index (χ4v) is 1.51. The van der Waals surface area contributed by atoms with Crippen molar-refractivity contribution in [2.24, 2.45) is 0 Å². The van der Waals surface area contributed by atoms with Crippen molar-refractivity contribution < 1.29 is 8.95 Å². The molecule has 0 rings (SSSR count). The van der Waals surface area contributed by atoms with Crippen molar-refractivity contribution in [3.8, 4) is 0 Å². The summed E-state index contributed by atoms with van der Waals surface area (Å²) in [5.74, 6) is 0.660. The molecule has 3 heteroatoms. The quantitative estimate of drug-likeness (QED) is 0.592. The van der Waals surface area contributed by atoms with Gasteiger partial charge in [-0.1, -0.05) is 6.92 Å². The molecule has 2 atom stereocenters. The maximum Gasteiger partial charge on any atom is 0.0683 e. The first kappa shape index (κ1) is 9.11. The van der Waals surface area contributed by atoms with Crippen molar-refractivity contribution in [1.82, 2.24) is 0 Å². The van der Waals surface area contributed by atoms with E-state index in [0.717, 1.165) is 6.42 Å². The molecule has 0 N–H and O–H groups in total. The molecule has 0 amide bonds. The lowest BCUT2D eigenvalue weighted by Crippen LogP contribution is -2.17. The van der Waals surface area contributed by atoms with Gasteiger partial charge in [-0.05, 0) is 6.42 Å². The van der Waals surface area contributed by atoms with E-state index < -0.39 is 10.8 Å². The summed E-state index contributed by atoms with van der Waals surface area (Å²) in [6.45, 7) is 2.03. The van der Waals surface area contributed by atoms with Crippen LogP contribution in [-0.4, -0.2) is 29.4 Å². The van der Waals surface area contributed by atoms with Crippen LogP contribution >= 0.6 is 0 Å². The fourth-order valence-electron chi connectivity index (χ4n) is 0.614. The van der Waals surface area contributed by atoms with Crippen molar-refractivity contribution >= 4 is 10.8 Å². The van der Waals surface area contributed by atoms with Crippen LogP contribution in [-0.2, 0) is 15.5 Å². The van der Waals surface area contributed by atoms with E-state index >= 15 is 0 Å². The average Bonchev–Trinajstić information content (AvgIpc) is 1.82. The van der Waals surface area contributed by atoms with Gasteiger partial charge in [-0.2, -0.15) is 0 Å². The Morgan fingerprint density at radius 3 is 2.33 bits per heavy atom. The van der Waals surface area contributed by atoms with E-state index in [4.69, 9.17) is 4.74 Å². The Labute approximate surface area is 59.1 Å². The third-order valence-electron chi connectivity index (χ3n) is 1.21. The molecule has 56 valence electrons. The molecule has 0 aliphatic heterocycles. The van der Waals surface area contributed by atoms with Gasteiger partial charge in [0, 0.05) is 29.9 Å². The molecule has 0 aromatic carbocycles. The molecule has 0 aliphatic rings. The van der Waals surface area contributed by atoms with E-state index in [1.165, 1.54) is 0 Å². The molecule has 0 saturated carbocycles. The highest BCUT2D eigenvalue weighted by Crippen LogP contribution is 1.96. The van der Waals surface area contributed by atoms with E-state index in [-0.39, 0.29) is 6.10 Å². The van der Waals surface area contributed by atoms with Gasteiger partial charge >= 0.3 is 0 Å². The standard InChI is InChI=1S/C6H14O2S/c1-4-6(8-2)5-9(3)7/h6H,4-5H2,1-3H3. The highest BCUT2D eigenvalue weighted by atomic mass is 32.2. The normalized spacial score (nSPS) is 17.2. The Kier molecular flexibility index (Phi) is 5.00. The lowest BCUT2D eigenvalue weighted by molar-refractivity contribution is 0.118. The van der Waals surface area contributed by atoms with Gasteiger partial charge in [0.1, 0.15) is 0 Å². The number of rotatable bonds is 4. The molecule has 0 radical (unpaired) electrons. The average molecular weight is 150 g/mol. The molecular formula is C6H14O2S. The lowest BCUT2D eigenvalue weighted by atomic mass is 10.3. The fraction of sp³-hybridized carbons (Fsp3) is 1.00. The van der Waals surface area contributed by atoms with Crippen LogP contribution in [0.2, 0.25) is 0 Å². The summed E-state index contributed by atoms with van der Waals surface area (Å²) in [6.07, 6.45) is 2.81. The molecule has 2 unspecified atom stereocenters. The molecule has 0 saturated heterocycles. The molecule has 2 nitrogen and oxygen atoms in total. The Balaban J connectivity index is 3.43. The monoisotopic (exact) mass is 150 g/mol. The third kappa shape index (κ3) is 4.60. The van der Waals surface area contributed by atoms with Gasteiger partial charge in [0.2, 0.25) is 0 Å². The highest BCUT2D eigenvalue weighted by Gasteiger charge is 2.04. The zero-order chi connectivity index (χ0) is 7.28. The van der Waals surface area contributed by atoms with Gasteiger partial charge in [0.05, 0.1) is 6.10 Å². The topological polar surface area (TPSA) is 26.3 Å². The Hall–Kier alpha value is 0.110. The van der Waals surface area contributed by atoms with Crippen LogP contribution in [0.15, 0.2) is 0 Å². The van der Waals surface area contributed by atoms with Gasteiger partial charge in [-0.3, -0.25) is 4.21 Å². The van der Waals surface area contributed by atoms with Crippen molar-refractivity contribution in [3.05, 3.63) is 0 Å². The smallest absolute Gasteiger partial charge is 0.0683 e. The molecule has 0 aromatic heterocycles. The van der Waals surface area contributed by atoms with Crippen LogP contribution in [0.3, 0.4) is 0 Å². The van der Waals surface area contributed by atoms with Crippen molar-refractivity contribution in [3.63, 3.8) is 0 Å². The summed E-state index contributed by atoms with van der Waals surface area (Å²) in [4.78, 5) is 0. The molecule has 0 aliphatic carbocycles. The molecule has 0 aromatic rings. The van der Waals surface area contributed by atoms with Crippen LogP contribution in [0, 0.1) is 0 Å². The molecule has 9 heavy (non-hydrogen) atoms. The summed E-state index contributed by atoms with van der Waals surface area (Å²) in [5, 5.41) is 0. The van der Waals surface area contributed by atoms with Gasteiger partial charge in [-0.15, -0.1) is 0 Å². The zero-order valence-corrected chi connectivity index (χ0v) is 7.03. The summed E-state index contributed by atoms with van der Waals surface area (Å²) < 4.78 is 15.6. The van der Waals surface area contributed by atoms with Crippen molar-refractivity contribution in [1.29, 1.82) is 0 Å². The van der Waals surface area contributed by atoms with Crippen molar-refractivity contribution in [2.45, 2.75) is 19.4 Å². The van der Waals surface area contributed by atoms with E-state index in [1.54, 1.807) is 13.4 Å². The van der Waals surface area contributed by atoms with Crippen LogP contribution in [0.1, 0.15) is 13.3 Å². The third-order valence-corrected chi connectivity index (χ3v) is 2.05. The maximum absolute atomic E-state index is 10.6. The number of hydrogen-bond acceptors (Lipinski definition) is 2.